The van der Waals surface area contributed by atoms with E-state index in [2.05, 4.69) is 15.0 Å². The van der Waals surface area contributed by atoms with Gasteiger partial charge in [0.15, 0.2) is 23.0 Å². The summed E-state index contributed by atoms with van der Waals surface area (Å²) in [6, 6.07) is 5.68. The SMILES string of the molecule is Cn1cnc2cnc(-c3ccc4c(c3)OCO4)nc21. The summed E-state index contributed by atoms with van der Waals surface area (Å²) in [6.45, 7) is 0.264. The Morgan fingerprint density at radius 3 is 3.00 bits per heavy atom. The monoisotopic (exact) mass is 254 g/mol. The van der Waals surface area contributed by atoms with Crippen molar-refractivity contribution in [1.82, 2.24) is 19.5 Å². The molecule has 0 atom stereocenters. The van der Waals surface area contributed by atoms with Crippen molar-refractivity contribution >= 4 is 11.2 Å². The molecule has 6 nitrogen and oxygen atoms in total. The molecule has 0 unspecified atom stereocenters. The molecule has 1 aromatic carbocycles. The van der Waals surface area contributed by atoms with Crippen molar-refractivity contribution in [2.45, 2.75) is 0 Å². The molecule has 0 saturated heterocycles. The van der Waals surface area contributed by atoms with Crippen LogP contribution in [-0.4, -0.2) is 26.3 Å². The van der Waals surface area contributed by atoms with Crippen LogP contribution < -0.4 is 9.47 Å². The number of imidazole rings is 1. The minimum absolute atomic E-state index is 0.264. The lowest BCUT2D eigenvalue weighted by molar-refractivity contribution is 0.174. The molecule has 1 aliphatic rings. The fraction of sp³-hybridized carbons (Fsp3) is 0.154. The molecule has 0 bridgehead atoms. The van der Waals surface area contributed by atoms with E-state index in [4.69, 9.17) is 9.47 Å². The van der Waals surface area contributed by atoms with E-state index in [-0.39, 0.29) is 6.79 Å². The van der Waals surface area contributed by atoms with E-state index in [0.29, 0.717) is 5.82 Å². The summed E-state index contributed by atoms with van der Waals surface area (Å²) >= 11 is 0. The number of nitrogens with zero attached hydrogens (tertiary/aromatic N) is 4. The highest BCUT2D eigenvalue weighted by Gasteiger charge is 2.15. The lowest BCUT2D eigenvalue weighted by atomic mass is 10.2. The summed E-state index contributed by atoms with van der Waals surface area (Å²) in [4.78, 5) is 13.1. The third kappa shape index (κ3) is 1.53. The summed E-state index contributed by atoms with van der Waals surface area (Å²) in [6.07, 6.45) is 3.45. The van der Waals surface area contributed by atoms with Gasteiger partial charge in [-0.25, -0.2) is 15.0 Å². The Morgan fingerprint density at radius 2 is 2.05 bits per heavy atom. The van der Waals surface area contributed by atoms with Crippen molar-refractivity contribution in [3.8, 4) is 22.9 Å². The minimum atomic E-state index is 0.264. The van der Waals surface area contributed by atoms with Gasteiger partial charge in [0.2, 0.25) is 6.79 Å². The third-order valence-corrected chi connectivity index (χ3v) is 3.08. The van der Waals surface area contributed by atoms with Gasteiger partial charge in [0.05, 0.1) is 12.5 Å². The summed E-state index contributed by atoms with van der Waals surface area (Å²) < 4.78 is 12.5. The molecule has 0 aliphatic carbocycles. The van der Waals surface area contributed by atoms with Gasteiger partial charge in [-0.1, -0.05) is 0 Å². The normalized spacial score (nSPS) is 13.1. The van der Waals surface area contributed by atoms with E-state index in [9.17, 15) is 0 Å². The van der Waals surface area contributed by atoms with Crippen molar-refractivity contribution in [3.05, 3.63) is 30.7 Å². The average Bonchev–Trinajstić information content (AvgIpc) is 3.05. The van der Waals surface area contributed by atoms with Crippen LogP contribution >= 0.6 is 0 Å². The van der Waals surface area contributed by atoms with Gasteiger partial charge in [0, 0.05) is 12.6 Å². The second kappa shape index (κ2) is 3.68. The highest BCUT2D eigenvalue weighted by Crippen LogP contribution is 2.35. The fourth-order valence-corrected chi connectivity index (χ4v) is 2.10. The largest absolute Gasteiger partial charge is 0.454 e. The molecule has 0 spiro atoms. The van der Waals surface area contributed by atoms with Crippen LogP contribution in [0, 0.1) is 0 Å². The zero-order valence-corrected chi connectivity index (χ0v) is 10.2. The van der Waals surface area contributed by atoms with Crippen LogP contribution in [0.25, 0.3) is 22.6 Å². The first-order valence-corrected chi connectivity index (χ1v) is 5.85. The Labute approximate surface area is 108 Å². The first-order valence-electron chi connectivity index (χ1n) is 5.85. The smallest absolute Gasteiger partial charge is 0.231 e. The fourth-order valence-electron chi connectivity index (χ4n) is 2.10. The van der Waals surface area contributed by atoms with Crippen LogP contribution in [0.4, 0.5) is 0 Å². The summed E-state index contributed by atoms with van der Waals surface area (Å²) in [5.74, 6) is 2.13. The molecule has 2 aromatic heterocycles. The molecule has 3 heterocycles. The van der Waals surface area contributed by atoms with Gasteiger partial charge in [-0.2, -0.15) is 0 Å². The molecular weight excluding hydrogens is 244 g/mol. The second-order valence-corrected chi connectivity index (χ2v) is 4.33. The van der Waals surface area contributed by atoms with Gasteiger partial charge < -0.3 is 14.0 Å². The number of hydrogen-bond acceptors (Lipinski definition) is 5. The molecule has 0 radical (unpaired) electrons. The molecule has 0 fully saturated rings. The molecule has 19 heavy (non-hydrogen) atoms. The zero-order valence-electron chi connectivity index (χ0n) is 10.2. The number of aryl methyl sites for hydroxylation is 1. The van der Waals surface area contributed by atoms with Crippen LogP contribution in [0.15, 0.2) is 30.7 Å². The first-order chi connectivity index (χ1) is 9.31. The number of fused-ring (bicyclic) bond motifs is 2. The predicted molar refractivity (Wildman–Crippen MR) is 67.9 cm³/mol. The third-order valence-electron chi connectivity index (χ3n) is 3.08. The molecular formula is C13H10N4O2. The number of benzene rings is 1. The van der Waals surface area contributed by atoms with Gasteiger partial charge in [-0.05, 0) is 18.2 Å². The molecule has 0 amide bonds. The van der Waals surface area contributed by atoms with Gasteiger partial charge in [0.25, 0.3) is 0 Å². The maximum absolute atomic E-state index is 5.36. The van der Waals surface area contributed by atoms with Crippen molar-refractivity contribution in [1.29, 1.82) is 0 Å². The van der Waals surface area contributed by atoms with Crippen LogP contribution in [0.5, 0.6) is 11.5 Å². The maximum atomic E-state index is 5.36. The lowest BCUT2D eigenvalue weighted by Crippen LogP contribution is -1.93. The quantitative estimate of drug-likeness (QED) is 0.662. The molecule has 4 rings (SSSR count). The van der Waals surface area contributed by atoms with E-state index < -0.39 is 0 Å². The van der Waals surface area contributed by atoms with Gasteiger partial charge in [-0.3, -0.25) is 0 Å². The highest BCUT2D eigenvalue weighted by atomic mass is 16.7. The van der Waals surface area contributed by atoms with E-state index in [1.807, 2.05) is 29.8 Å². The Hall–Kier alpha value is -2.63. The minimum Gasteiger partial charge on any atom is -0.454 e. The summed E-state index contributed by atoms with van der Waals surface area (Å²) in [5, 5.41) is 0. The summed E-state index contributed by atoms with van der Waals surface area (Å²) in [5.41, 5.74) is 2.49. The zero-order chi connectivity index (χ0) is 12.8. The number of aromatic nitrogens is 4. The van der Waals surface area contributed by atoms with Crippen LogP contribution in [-0.2, 0) is 7.05 Å². The molecule has 0 N–H and O–H groups in total. The van der Waals surface area contributed by atoms with E-state index >= 15 is 0 Å². The van der Waals surface area contributed by atoms with E-state index in [1.54, 1.807) is 12.5 Å². The van der Waals surface area contributed by atoms with Crippen molar-refractivity contribution in [3.63, 3.8) is 0 Å². The average molecular weight is 254 g/mol. The predicted octanol–water partition coefficient (Wildman–Crippen LogP) is 1.76. The molecule has 0 saturated carbocycles. The first kappa shape index (κ1) is 10.3. The standard InChI is InChI=1S/C13H10N4O2/c1-17-6-15-9-5-14-12(16-13(9)17)8-2-3-10-11(4-8)19-7-18-10/h2-6H,7H2,1H3. The number of hydrogen-bond donors (Lipinski definition) is 0. The Balaban J connectivity index is 1.87. The Kier molecular flexibility index (Phi) is 2.00. The Bertz CT molecular complexity index is 781. The highest BCUT2D eigenvalue weighted by molar-refractivity contribution is 5.73. The van der Waals surface area contributed by atoms with Crippen molar-refractivity contribution in [2.24, 2.45) is 7.05 Å². The molecule has 6 heteroatoms. The van der Waals surface area contributed by atoms with Crippen LogP contribution in [0.2, 0.25) is 0 Å². The summed E-state index contributed by atoms with van der Waals surface area (Å²) in [7, 11) is 1.91. The lowest BCUT2D eigenvalue weighted by Gasteiger charge is -2.02. The topological polar surface area (TPSA) is 62.1 Å². The Morgan fingerprint density at radius 1 is 1.16 bits per heavy atom. The number of ether oxygens (including phenoxy) is 2. The molecule has 3 aromatic rings. The van der Waals surface area contributed by atoms with Crippen molar-refractivity contribution < 1.29 is 9.47 Å². The van der Waals surface area contributed by atoms with E-state index in [0.717, 1.165) is 28.2 Å². The van der Waals surface area contributed by atoms with Crippen molar-refractivity contribution in [2.75, 3.05) is 6.79 Å². The van der Waals surface area contributed by atoms with Crippen LogP contribution in [0.3, 0.4) is 0 Å². The second-order valence-electron chi connectivity index (χ2n) is 4.33. The molecule has 1 aliphatic heterocycles. The van der Waals surface area contributed by atoms with Gasteiger partial charge >= 0.3 is 0 Å². The van der Waals surface area contributed by atoms with Crippen LogP contribution in [0.1, 0.15) is 0 Å². The van der Waals surface area contributed by atoms with Gasteiger partial charge in [0.1, 0.15) is 5.52 Å². The van der Waals surface area contributed by atoms with Gasteiger partial charge in [-0.15, -0.1) is 0 Å². The molecule has 94 valence electrons. The number of rotatable bonds is 1. The maximum Gasteiger partial charge on any atom is 0.231 e. The van der Waals surface area contributed by atoms with E-state index in [1.165, 1.54) is 0 Å².